The summed E-state index contributed by atoms with van der Waals surface area (Å²) in [6.45, 7) is 0. The number of sulfone groups is 1. The first-order valence-corrected chi connectivity index (χ1v) is 9.28. The van der Waals surface area contributed by atoms with Crippen LogP contribution in [0.5, 0.6) is 0 Å². The summed E-state index contributed by atoms with van der Waals surface area (Å²) in [5.74, 6) is 0. The van der Waals surface area contributed by atoms with Crippen LogP contribution in [0.4, 0.5) is 5.69 Å². The van der Waals surface area contributed by atoms with Crippen molar-refractivity contribution >= 4 is 27.3 Å². The predicted octanol–water partition coefficient (Wildman–Crippen LogP) is 2.79. The first-order valence-electron chi connectivity index (χ1n) is 6.10. The van der Waals surface area contributed by atoms with Gasteiger partial charge >= 0.3 is 0 Å². The second kappa shape index (κ2) is 5.53. The summed E-state index contributed by atoms with van der Waals surface area (Å²) in [5, 5.41) is 4.17. The van der Waals surface area contributed by atoms with E-state index in [4.69, 9.17) is 0 Å². The third-order valence-electron chi connectivity index (χ3n) is 3.39. The van der Waals surface area contributed by atoms with Crippen LogP contribution in [0.3, 0.4) is 0 Å². The number of hydrogen-bond acceptors (Lipinski definition) is 4. The Morgan fingerprint density at radius 3 is 2.44 bits per heavy atom. The molecule has 0 radical (unpaired) electrons. The lowest BCUT2D eigenvalue weighted by Crippen LogP contribution is -2.25. The van der Waals surface area contributed by atoms with Gasteiger partial charge < -0.3 is 5.32 Å². The van der Waals surface area contributed by atoms with Crippen molar-refractivity contribution in [1.82, 2.24) is 0 Å². The molecule has 0 amide bonds. The van der Waals surface area contributed by atoms with Crippen molar-refractivity contribution in [3.63, 3.8) is 0 Å². The molecule has 2 unspecified atom stereocenters. The Morgan fingerprint density at radius 2 is 1.89 bits per heavy atom. The largest absolute Gasteiger partial charge is 0.381 e. The minimum atomic E-state index is -3.09. The minimum absolute atomic E-state index is 0.376. The van der Waals surface area contributed by atoms with Crippen LogP contribution in [0.2, 0.25) is 0 Å². The highest BCUT2D eigenvalue weighted by atomic mass is 32.2. The summed E-state index contributed by atoms with van der Waals surface area (Å²) in [6.07, 6.45) is 7.11. The van der Waals surface area contributed by atoms with Gasteiger partial charge in [0, 0.05) is 23.2 Å². The number of nitrogens with one attached hydrogen (secondary N) is 1. The van der Waals surface area contributed by atoms with Crippen LogP contribution in [0, 0.1) is 0 Å². The third-order valence-corrected chi connectivity index (χ3v) is 5.69. The van der Waals surface area contributed by atoms with E-state index >= 15 is 0 Å². The van der Waals surface area contributed by atoms with E-state index in [1.54, 1.807) is 12.1 Å². The number of thioether (sulfide) groups is 1. The first-order chi connectivity index (χ1) is 8.50. The number of rotatable bonds is 4. The highest BCUT2D eigenvalue weighted by Crippen LogP contribution is 2.30. The van der Waals surface area contributed by atoms with Crippen LogP contribution in [0.1, 0.15) is 19.3 Å². The second-order valence-corrected chi connectivity index (χ2v) is 7.85. The molecule has 1 N–H and O–H groups in total. The Hall–Kier alpha value is -0.680. The molecule has 100 valence electrons. The molecule has 0 aromatic heterocycles. The minimum Gasteiger partial charge on any atom is -0.381 e. The standard InChI is InChI=1S/C13H19NO2S2/c1-17-13-5-3-4-12(13)14-10-6-8-11(9-7-10)18(2,15)16/h6-9,12-14H,3-5H2,1-2H3. The Morgan fingerprint density at radius 1 is 1.22 bits per heavy atom. The van der Waals surface area contributed by atoms with Crippen LogP contribution in [0.15, 0.2) is 29.2 Å². The fraction of sp³-hybridized carbons (Fsp3) is 0.538. The Labute approximate surface area is 113 Å². The molecule has 0 heterocycles. The maximum atomic E-state index is 11.4. The van der Waals surface area contributed by atoms with Gasteiger partial charge in [-0.05, 0) is 43.4 Å². The van der Waals surface area contributed by atoms with E-state index in [0.29, 0.717) is 16.2 Å². The van der Waals surface area contributed by atoms with Gasteiger partial charge in [-0.1, -0.05) is 6.42 Å². The zero-order valence-electron chi connectivity index (χ0n) is 10.7. The van der Waals surface area contributed by atoms with Crippen molar-refractivity contribution in [1.29, 1.82) is 0 Å². The molecular weight excluding hydrogens is 266 g/mol. The molecule has 1 aromatic carbocycles. The number of hydrogen-bond donors (Lipinski definition) is 1. The molecule has 1 aliphatic rings. The van der Waals surface area contributed by atoms with Crippen LogP contribution in [-0.4, -0.2) is 32.2 Å². The molecular formula is C13H19NO2S2. The lowest BCUT2D eigenvalue weighted by molar-refractivity contribution is 0.602. The summed E-state index contributed by atoms with van der Waals surface area (Å²) < 4.78 is 22.7. The highest BCUT2D eigenvalue weighted by Gasteiger charge is 2.26. The lowest BCUT2D eigenvalue weighted by Gasteiger charge is -2.20. The molecule has 0 bridgehead atoms. The average molecular weight is 285 g/mol. The summed E-state index contributed by atoms with van der Waals surface area (Å²) in [7, 11) is -3.09. The van der Waals surface area contributed by atoms with E-state index in [-0.39, 0.29) is 0 Å². The molecule has 1 aliphatic carbocycles. The van der Waals surface area contributed by atoms with Gasteiger partial charge in [-0.3, -0.25) is 0 Å². The van der Waals surface area contributed by atoms with E-state index < -0.39 is 9.84 Å². The van der Waals surface area contributed by atoms with Crippen molar-refractivity contribution in [2.24, 2.45) is 0 Å². The SMILES string of the molecule is CSC1CCCC1Nc1ccc(S(C)(=O)=O)cc1. The maximum absolute atomic E-state index is 11.4. The fourth-order valence-electron chi connectivity index (χ4n) is 2.39. The fourth-order valence-corrected chi connectivity index (χ4v) is 3.95. The molecule has 1 saturated carbocycles. The zero-order valence-corrected chi connectivity index (χ0v) is 12.4. The van der Waals surface area contributed by atoms with Gasteiger partial charge in [0.1, 0.15) is 0 Å². The number of benzene rings is 1. The summed E-state index contributed by atoms with van der Waals surface area (Å²) >= 11 is 1.91. The predicted molar refractivity (Wildman–Crippen MR) is 78.1 cm³/mol. The molecule has 2 rings (SSSR count). The van der Waals surface area contributed by atoms with E-state index in [9.17, 15) is 8.42 Å². The van der Waals surface area contributed by atoms with Gasteiger partial charge in [0.05, 0.1) is 4.90 Å². The van der Waals surface area contributed by atoms with Crippen molar-refractivity contribution in [3.8, 4) is 0 Å². The smallest absolute Gasteiger partial charge is 0.175 e. The van der Waals surface area contributed by atoms with Gasteiger partial charge in [-0.25, -0.2) is 8.42 Å². The topological polar surface area (TPSA) is 46.2 Å². The van der Waals surface area contributed by atoms with E-state index in [1.807, 2.05) is 23.9 Å². The van der Waals surface area contributed by atoms with Gasteiger partial charge in [0.2, 0.25) is 0 Å². The maximum Gasteiger partial charge on any atom is 0.175 e. The van der Waals surface area contributed by atoms with Gasteiger partial charge in [-0.2, -0.15) is 11.8 Å². The molecule has 2 atom stereocenters. The van der Waals surface area contributed by atoms with Gasteiger partial charge in [0.25, 0.3) is 0 Å². The normalized spacial score (nSPS) is 24.1. The Kier molecular flexibility index (Phi) is 4.22. The molecule has 1 aromatic rings. The Bertz CT molecular complexity index is 496. The van der Waals surface area contributed by atoms with Crippen LogP contribution < -0.4 is 5.32 Å². The van der Waals surface area contributed by atoms with Gasteiger partial charge in [-0.15, -0.1) is 0 Å². The highest BCUT2D eigenvalue weighted by molar-refractivity contribution is 7.99. The van der Waals surface area contributed by atoms with Gasteiger partial charge in [0.15, 0.2) is 9.84 Å². The third kappa shape index (κ3) is 3.20. The molecule has 18 heavy (non-hydrogen) atoms. The Balaban J connectivity index is 2.07. The monoisotopic (exact) mass is 285 g/mol. The van der Waals surface area contributed by atoms with Crippen LogP contribution in [0.25, 0.3) is 0 Å². The average Bonchev–Trinajstić information content (AvgIpc) is 2.76. The second-order valence-electron chi connectivity index (χ2n) is 4.75. The van der Waals surface area contributed by atoms with Crippen molar-refractivity contribution in [2.45, 2.75) is 35.4 Å². The first kappa shape index (κ1) is 13.7. The summed E-state index contributed by atoms with van der Waals surface area (Å²) in [5.41, 5.74) is 1.01. The van der Waals surface area contributed by atoms with Crippen molar-refractivity contribution in [3.05, 3.63) is 24.3 Å². The molecule has 0 saturated heterocycles. The zero-order chi connectivity index (χ0) is 13.2. The summed E-state index contributed by atoms with van der Waals surface area (Å²) in [4.78, 5) is 0.376. The van der Waals surface area contributed by atoms with E-state index in [0.717, 1.165) is 5.69 Å². The van der Waals surface area contributed by atoms with Crippen molar-refractivity contribution < 1.29 is 8.42 Å². The van der Waals surface area contributed by atoms with E-state index in [2.05, 4.69) is 11.6 Å². The molecule has 5 heteroatoms. The molecule has 1 fully saturated rings. The van der Waals surface area contributed by atoms with Crippen LogP contribution >= 0.6 is 11.8 Å². The quantitative estimate of drug-likeness (QED) is 0.924. The van der Waals surface area contributed by atoms with Crippen LogP contribution in [-0.2, 0) is 9.84 Å². The molecule has 0 spiro atoms. The summed E-state index contributed by atoms with van der Waals surface area (Å²) in [6, 6.07) is 7.55. The van der Waals surface area contributed by atoms with E-state index in [1.165, 1.54) is 25.5 Å². The number of anilines is 1. The van der Waals surface area contributed by atoms with Crippen molar-refractivity contribution in [2.75, 3.05) is 17.8 Å². The molecule has 3 nitrogen and oxygen atoms in total. The lowest BCUT2D eigenvalue weighted by atomic mass is 10.2. The molecule has 0 aliphatic heterocycles.